The Hall–Kier alpha value is -3.61. The normalized spacial score (nSPS) is 15.9. The van der Waals surface area contributed by atoms with Crippen LogP contribution in [0.25, 0.3) is 11.4 Å². The first-order chi connectivity index (χ1) is 17.2. The molecule has 1 saturated heterocycles. The Kier molecular flexibility index (Phi) is 7.12. The van der Waals surface area contributed by atoms with Crippen LogP contribution in [0.2, 0.25) is 0 Å². The molecule has 0 spiro atoms. The van der Waals surface area contributed by atoms with Gasteiger partial charge in [-0.25, -0.2) is 4.98 Å². The number of rotatable bonds is 7. The van der Waals surface area contributed by atoms with E-state index >= 15 is 0 Å². The number of aryl methyl sites for hydroxylation is 1. The fourth-order valence-corrected chi connectivity index (χ4v) is 4.94. The van der Waals surface area contributed by atoms with Crippen molar-refractivity contribution in [2.24, 2.45) is 5.92 Å². The number of hydrogen-bond acceptors (Lipinski definition) is 4. The Balaban J connectivity index is 1.08. The van der Waals surface area contributed by atoms with E-state index < -0.39 is 0 Å². The SMILES string of the molecule is O=C(Nc1ccc(-c2ncc3n2CCCC3)cc1)C1CCN(C(=O)CCOc2ccccc2)CC1. The second-order valence-electron chi connectivity index (χ2n) is 9.32. The van der Waals surface area contributed by atoms with Gasteiger partial charge < -0.3 is 19.5 Å². The predicted octanol–water partition coefficient (Wildman–Crippen LogP) is 4.53. The highest BCUT2D eigenvalue weighted by Crippen LogP contribution is 2.26. The minimum absolute atomic E-state index is 0.0236. The Bertz CT molecular complexity index is 1150. The molecular weight excluding hydrogens is 440 g/mol. The van der Waals surface area contributed by atoms with Gasteiger partial charge in [0.1, 0.15) is 11.6 Å². The average Bonchev–Trinajstić information content (AvgIpc) is 3.34. The molecule has 0 saturated carbocycles. The number of nitrogens with zero attached hydrogens (tertiary/aromatic N) is 3. The number of nitrogens with one attached hydrogen (secondary N) is 1. The number of para-hydroxylation sites is 1. The van der Waals surface area contributed by atoms with Gasteiger partial charge in [-0.3, -0.25) is 9.59 Å². The largest absolute Gasteiger partial charge is 0.493 e. The lowest BCUT2D eigenvalue weighted by atomic mass is 9.95. The van der Waals surface area contributed by atoms with Crippen molar-refractivity contribution in [3.8, 4) is 17.1 Å². The van der Waals surface area contributed by atoms with Crippen LogP contribution in [-0.2, 0) is 22.6 Å². The molecule has 7 heteroatoms. The number of aromatic nitrogens is 2. The summed E-state index contributed by atoms with van der Waals surface area (Å²) in [5.41, 5.74) is 3.16. The number of amides is 2. The fourth-order valence-electron chi connectivity index (χ4n) is 4.94. The van der Waals surface area contributed by atoms with Gasteiger partial charge in [-0.05, 0) is 68.5 Å². The van der Waals surface area contributed by atoms with Gasteiger partial charge in [0.25, 0.3) is 0 Å². The molecule has 2 aliphatic rings. The summed E-state index contributed by atoms with van der Waals surface area (Å²) in [6, 6.07) is 17.5. The third-order valence-corrected chi connectivity index (χ3v) is 6.96. The van der Waals surface area contributed by atoms with E-state index in [1.54, 1.807) is 0 Å². The van der Waals surface area contributed by atoms with Crippen molar-refractivity contribution in [1.82, 2.24) is 14.5 Å². The molecule has 3 heterocycles. The van der Waals surface area contributed by atoms with Crippen LogP contribution >= 0.6 is 0 Å². The topological polar surface area (TPSA) is 76.5 Å². The number of carbonyl (C=O) groups is 2. The molecule has 182 valence electrons. The van der Waals surface area contributed by atoms with Crippen molar-refractivity contribution < 1.29 is 14.3 Å². The van der Waals surface area contributed by atoms with E-state index in [0.29, 0.717) is 39.0 Å². The number of ether oxygens (including phenoxy) is 1. The maximum Gasteiger partial charge on any atom is 0.227 e. The molecule has 0 radical (unpaired) electrons. The van der Waals surface area contributed by atoms with Crippen LogP contribution in [0.15, 0.2) is 60.8 Å². The molecule has 2 aliphatic heterocycles. The Labute approximate surface area is 206 Å². The first-order valence-electron chi connectivity index (χ1n) is 12.6. The average molecular weight is 473 g/mol. The molecule has 5 rings (SSSR count). The number of carbonyl (C=O) groups excluding carboxylic acids is 2. The lowest BCUT2D eigenvalue weighted by Crippen LogP contribution is -2.41. The third-order valence-electron chi connectivity index (χ3n) is 6.96. The summed E-state index contributed by atoms with van der Waals surface area (Å²) < 4.78 is 7.94. The molecule has 1 fully saturated rings. The lowest BCUT2D eigenvalue weighted by Gasteiger charge is -2.31. The van der Waals surface area contributed by atoms with Crippen LogP contribution in [0.3, 0.4) is 0 Å². The summed E-state index contributed by atoms with van der Waals surface area (Å²) in [7, 11) is 0. The third kappa shape index (κ3) is 5.56. The fraction of sp³-hybridized carbons (Fsp3) is 0.393. The predicted molar refractivity (Wildman–Crippen MR) is 135 cm³/mol. The minimum Gasteiger partial charge on any atom is -0.493 e. The standard InChI is InChI=1S/C28H32N4O3/c33-26(15-19-35-25-7-2-1-3-8-25)31-17-13-22(14-18-31)28(34)30-23-11-9-21(10-12-23)27-29-20-24-6-4-5-16-32(24)27/h1-3,7-12,20,22H,4-6,13-19H2,(H,30,34). The van der Waals surface area contributed by atoms with E-state index in [1.165, 1.54) is 18.5 Å². The maximum atomic E-state index is 12.8. The minimum atomic E-state index is -0.0846. The molecule has 35 heavy (non-hydrogen) atoms. The molecule has 0 unspecified atom stereocenters. The van der Waals surface area contributed by atoms with Crippen molar-refractivity contribution in [2.75, 3.05) is 25.0 Å². The first kappa shape index (κ1) is 23.1. The van der Waals surface area contributed by atoms with E-state index in [1.807, 2.05) is 65.7 Å². The molecule has 7 nitrogen and oxygen atoms in total. The van der Waals surface area contributed by atoms with Gasteiger partial charge >= 0.3 is 0 Å². The zero-order valence-corrected chi connectivity index (χ0v) is 20.0. The monoisotopic (exact) mass is 472 g/mol. The molecule has 1 aromatic heterocycles. The summed E-state index contributed by atoms with van der Waals surface area (Å²) >= 11 is 0. The number of likely N-dealkylation sites (tertiary alicyclic amines) is 1. The van der Waals surface area contributed by atoms with E-state index in [0.717, 1.165) is 35.8 Å². The Morgan fingerprint density at radius 1 is 0.971 bits per heavy atom. The molecule has 2 aromatic carbocycles. The van der Waals surface area contributed by atoms with Gasteiger partial charge in [-0.15, -0.1) is 0 Å². The van der Waals surface area contributed by atoms with Crippen molar-refractivity contribution in [1.29, 1.82) is 0 Å². The molecule has 3 aromatic rings. The summed E-state index contributed by atoms with van der Waals surface area (Å²) in [5.74, 6) is 1.79. The summed E-state index contributed by atoms with van der Waals surface area (Å²) in [6.07, 6.45) is 7.19. The smallest absolute Gasteiger partial charge is 0.227 e. The summed E-state index contributed by atoms with van der Waals surface area (Å²) in [5, 5.41) is 3.05. The molecular formula is C28H32N4O3. The number of fused-ring (bicyclic) bond motifs is 1. The molecule has 2 amide bonds. The van der Waals surface area contributed by atoms with Crippen LogP contribution in [0.4, 0.5) is 5.69 Å². The molecule has 0 bridgehead atoms. The highest BCUT2D eigenvalue weighted by atomic mass is 16.5. The Morgan fingerprint density at radius 3 is 2.51 bits per heavy atom. The summed E-state index contributed by atoms with van der Waals surface area (Å²) in [6.45, 7) is 2.59. The number of imidazole rings is 1. The number of piperidine rings is 1. The van der Waals surface area contributed by atoms with Gasteiger partial charge in [0.05, 0.1) is 13.0 Å². The molecule has 0 aliphatic carbocycles. The van der Waals surface area contributed by atoms with Gasteiger partial charge in [0.15, 0.2) is 0 Å². The lowest BCUT2D eigenvalue weighted by molar-refractivity contribution is -0.135. The molecule has 0 atom stereocenters. The first-order valence-corrected chi connectivity index (χ1v) is 12.6. The van der Waals surface area contributed by atoms with E-state index in [-0.39, 0.29) is 17.7 Å². The Morgan fingerprint density at radius 2 is 1.74 bits per heavy atom. The van der Waals surface area contributed by atoms with E-state index in [2.05, 4.69) is 14.9 Å². The maximum absolute atomic E-state index is 12.8. The van der Waals surface area contributed by atoms with Crippen molar-refractivity contribution in [2.45, 2.75) is 45.1 Å². The van der Waals surface area contributed by atoms with Gasteiger partial charge in [-0.1, -0.05) is 18.2 Å². The van der Waals surface area contributed by atoms with Crippen LogP contribution in [0.5, 0.6) is 5.75 Å². The second-order valence-corrected chi connectivity index (χ2v) is 9.32. The van der Waals surface area contributed by atoms with E-state index in [9.17, 15) is 9.59 Å². The quantitative estimate of drug-likeness (QED) is 0.548. The van der Waals surface area contributed by atoms with Crippen molar-refractivity contribution in [3.05, 3.63) is 66.5 Å². The van der Waals surface area contributed by atoms with Crippen molar-refractivity contribution >= 4 is 17.5 Å². The number of hydrogen-bond donors (Lipinski definition) is 1. The van der Waals surface area contributed by atoms with Crippen LogP contribution in [0, 0.1) is 5.92 Å². The number of benzene rings is 2. The second kappa shape index (κ2) is 10.8. The summed E-state index contributed by atoms with van der Waals surface area (Å²) in [4.78, 5) is 31.8. The van der Waals surface area contributed by atoms with Gasteiger partial charge in [-0.2, -0.15) is 0 Å². The highest BCUT2D eigenvalue weighted by Gasteiger charge is 2.27. The van der Waals surface area contributed by atoms with Crippen molar-refractivity contribution in [3.63, 3.8) is 0 Å². The zero-order chi connectivity index (χ0) is 24.0. The van der Waals surface area contributed by atoms with Crippen LogP contribution in [-0.4, -0.2) is 46.0 Å². The highest BCUT2D eigenvalue weighted by molar-refractivity contribution is 5.93. The molecule has 1 N–H and O–H groups in total. The van der Waals surface area contributed by atoms with Gasteiger partial charge in [0.2, 0.25) is 11.8 Å². The van der Waals surface area contributed by atoms with Crippen LogP contribution in [0.1, 0.15) is 37.8 Å². The van der Waals surface area contributed by atoms with E-state index in [4.69, 9.17) is 4.74 Å². The van der Waals surface area contributed by atoms with Crippen LogP contribution < -0.4 is 10.1 Å². The number of anilines is 1. The zero-order valence-electron chi connectivity index (χ0n) is 20.0. The van der Waals surface area contributed by atoms with Gasteiger partial charge in [0, 0.05) is 48.7 Å².